The van der Waals surface area contributed by atoms with Crippen molar-refractivity contribution in [3.8, 4) is 0 Å². The predicted molar refractivity (Wildman–Crippen MR) is 117 cm³/mol. The molecule has 2 amide bonds. The average Bonchev–Trinajstić information content (AvgIpc) is 2.77. The summed E-state index contributed by atoms with van der Waals surface area (Å²) in [5, 5.41) is 5.16. The van der Waals surface area contributed by atoms with Crippen molar-refractivity contribution < 1.29 is 38.1 Å². The standard InChI is InChI=1S/C22H28N2O8/c1-4-19(25)29-11-6-7-12-31-21(27)23-17-10-9-16(3)18(15-17)24-22(28)32-14-8-13-30-20(26)5-2/h4-5,9-10,15H,1-2,6-8,11-14H2,3H3,(H,23,27)(H,24,28). The zero-order chi connectivity index (χ0) is 23.8. The number of carbonyl (C=O) groups is 4. The van der Waals surface area contributed by atoms with Crippen LogP contribution in [0, 0.1) is 6.92 Å². The minimum absolute atomic E-state index is 0.0619. The van der Waals surface area contributed by atoms with Crippen LogP contribution in [0.1, 0.15) is 24.8 Å². The number of hydrogen-bond donors (Lipinski definition) is 2. The van der Waals surface area contributed by atoms with Crippen LogP contribution in [0.5, 0.6) is 0 Å². The fourth-order valence-corrected chi connectivity index (χ4v) is 2.19. The molecule has 0 saturated heterocycles. The van der Waals surface area contributed by atoms with Crippen LogP contribution in [0.15, 0.2) is 43.5 Å². The van der Waals surface area contributed by atoms with E-state index in [4.69, 9.17) is 18.9 Å². The van der Waals surface area contributed by atoms with Crippen LogP contribution < -0.4 is 10.6 Å². The van der Waals surface area contributed by atoms with Crippen LogP contribution in [-0.2, 0) is 28.5 Å². The van der Waals surface area contributed by atoms with E-state index < -0.39 is 24.1 Å². The van der Waals surface area contributed by atoms with E-state index in [1.807, 2.05) is 0 Å². The molecule has 0 aliphatic rings. The van der Waals surface area contributed by atoms with E-state index in [0.29, 0.717) is 30.6 Å². The average molecular weight is 448 g/mol. The Bertz CT molecular complexity index is 822. The zero-order valence-electron chi connectivity index (χ0n) is 18.0. The number of anilines is 2. The number of benzene rings is 1. The summed E-state index contributed by atoms with van der Waals surface area (Å²) in [6.07, 6.45) is 2.21. The SMILES string of the molecule is C=CC(=O)OCCCCOC(=O)Nc1ccc(C)c(NC(=O)OCCCOC(=O)C=C)c1. The van der Waals surface area contributed by atoms with E-state index in [1.165, 1.54) is 0 Å². The van der Waals surface area contributed by atoms with Gasteiger partial charge in [-0.15, -0.1) is 0 Å². The predicted octanol–water partition coefficient (Wildman–Crippen LogP) is 3.72. The summed E-state index contributed by atoms with van der Waals surface area (Å²) < 4.78 is 19.7. The first-order valence-electron chi connectivity index (χ1n) is 9.92. The molecule has 174 valence electrons. The summed E-state index contributed by atoms with van der Waals surface area (Å²) in [5.41, 5.74) is 1.64. The topological polar surface area (TPSA) is 129 Å². The number of nitrogens with one attached hydrogen (secondary N) is 2. The first kappa shape index (κ1) is 26.2. The van der Waals surface area contributed by atoms with Gasteiger partial charge in [0, 0.05) is 29.9 Å². The molecule has 0 heterocycles. The number of esters is 2. The molecular weight excluding hydrogens is 420 g/mol. The number of hydrogen-bond acceptors (Lipinski definition) is 8. The van der Waals surface area contributed by atoms with E-state index in [2.05, 4.69) is 23.8 Å². The maximum absolute atomic E-state index is 11.9. The summed E-state index contributed by atoms with van der Waals surface area (Å²) in [6, 6.07) is 4.95. The van der Waals surface area contributed by atoms with Gasteiger partial charge in [0.25, 0.3) is 0 Å². The molecule has 1 rings (SSSR count). The molecule has 0 spiro atoms. The van der Waals surface area contributed by atoms with Gasteiger partial charge in [-0.1, -0.05) is 19.2 Å². The number of aryl methyl sites for hydroxylation is 1. The minimum Gasteiger partial charge on any atom is -0.463 e. The first-order valence-corrected chi connectivity index (χ1v) is 9.92. The molecule has 0 aliphatic carbocycles. The number of carbonyl (C=O) groups excluding carboxylic acids is 4. The second-order valence-electron chi connectivity index (χ2n) is 6.36. The molecule has 1 aromatic rings. The van der Waals surface area contributed by atoms with Crippen molar-refractivity contribution in [2.45, 2.75) is 26.2 Å². The number of amides is 2. The van der Waals surface area contributed by atoms with E-state index in [1.54, 1.807) is 25.1 Å². The Morgan fingerprint density at radius 3 is 1.88 bits per heavy atom. The summed E-state index contributed by atoms with van der Waals surface area (Å²) >= 11 is 0. The van der Waals surface area contributed by atoms with E-state index in [-0.39, 0.29) is 26.4 Å². The molecule has 0 atom stereocenters. The lowest BCUT2D eigenvalue weighted by Gasteiger charge is -2.12. The van der Waals surface area contributed by atoms with Crippen molar-refractivity contribution in [3.63, 3.8) is 0 Å². The number of unbranched alkanes of at least 4 members (excludes halogenated alkanes) is 1. The Kier molecular flexibility index (Phi) is 12.3. The summed E-state index contributed by atoms with van der Waals surface area (Å²) in [6.45, 7) is 8.91. The van der Waals surface area contributed by atoms with Crippen molar-refractivity contribution in [3.05, 3.63) is 49.1 Å². The fourth-order valence-electron chi connectivity index (χ4n) is 2.19. The highest BCUT2D eigenvalue weighted by Gasteiger charge is 2.09. The normalized spacial score (nSPS) is 9.78. The van der Waals surface area contributed by atoms with Crippen LogP contribution in [0.2, 0.25) is 0 Å². The molecule has 0 unspecified atom stereocenters. The maximum Gasteiger partial charge on any atom is 0.411 e. The van der Waals surface area contributed by atoms with Crippen LogP contribution in [-0.4, -0.2) is 50.6 Å². The van der Waals surface area contributed by atoms with Crippen molar-refractivity contribution >= 4 is 35.5 Å². The lowest BCUT2D eigenvalue weighted by Crippen LogP contribution is -2.17. The Labute approximate surface area is 186 Å². The minimum atomic E-state index is -0.681. The molecule has 0 saturated carbocycles. The monoisotopic (exact) mass is 448 g/mol. The van der Waals surface area contributed by atoms with Gasteiger partial charge in [-0.2, -0.15) is 0 Å². The van der Waals surface area contributed by atoms with E-state index >= 15 is 0 Å². The zero-order valence-corrected chi connectivity index (χ0v) is 18.0. The van der Waals surface area contributed by atoms with Gasteiger partial charge in [-0.3, -0.25) is 10.6 Å². The third-order valence-electron chi connectivity index (χ3n) is 3.84. The van der Waals surface area contributed by atoms with Crippen molar-refractivity contribution in [1.29, 1.82) is 0 Å². The third kappa shape index (κ3) is 11.4. The second kappa shape index (κ2) is 15.1. The summed E-state index contributed by atoms with van der Waals surface area (Å²) in [5.74, 6) is -1.03. The Morgan fingerprint density at radius 2 is 1.28 bits per heavy atom. The lowest BCUT2D eigenvalue weighted by molar-refractivity contribution is -0.138. The Morgan fingerprint density at radius 1 is 0.781 bits per heavy atom. The highest BCUT2D eigenvalue weighted by molar-refractivity contribution is 5.89. The third-order valence-corrected chi connectivity index (χ3v) is 3.84. The molecule has 32 heavy (non-hydrogen) atoms. The van der Waals surface area contributed by atoms with Crippen molar-refractivity contribution in [2.24, 2.45) is 0 Å². The van der Waals surface area contributed by atoms with Gasteiger partial charge < -0.3 is 18.9 Å². The number of ether oxygens (including phenoxy) is 4. The smallest absolute Gasteiger partial charge is 0.411 e. The van der Waals surface area contributed by atoms with Gasteiger partial charge in [0.2, 0.25) is 0 Å². The van der Waals surface area contributed by atoms with Gasteiger partial charge >= 0.3 is 24.1 Å². The van der Waals surface area contributed by atoms with Gasteiger partial charge in [0.15, 0.2) is 0 Å². The van der Waals surface area contributed by atoms with Gasteiger partial charge in [-0.25, -0.2) is 19.2 Å². The van der Waals surface area contributed by atoms with Crippen molar-refractivity contribution in [1.82, 2.24) is 0 Å². The molecule has 0 bridgehead atoms. The van der Waals surface area contributed by atoms with Gasteiger partial charge in [0.1, 0.15) is 0 Å². The molecule has 2 N–H and O–H groups in total. The van der Waals surface area contributed by atoms with Gasteiger partial charge in [0.05, 0.1) is 26.4 Å². The van der Waals surface area contributed by atoms with E-state index in [9.17, 15) is 19.2 Å². The quantitative estimate of drug-likeness (QED) is 0.202. The molecule has 0 fully saturated rings. The summed E-state index contributed by atoms with van der Waals surface area (Å²) in [7, 11) is 0. The van der Waals surface area contributed by atoms with E-state index in [0.717, 1.165) is 17.7 Å². The maximum atomic E-state index is 11.9. The first-order chi connectivity index (χ1) is 15.3. The molecule has 10 nitrogen and oxygen atoms in total. The van der Waals surface area contributed by atoms with Crippen LogP contribution in [0.4, 0.5) is 21.0 Å². The molecule has 0 aromatic heterocycles. The van der Waals surface area contributed by atoms with Gasteiger partial charge in [-0.05, 0) is 37.5 Å². The van der Waals surface area contributed by atoms with Crippen LogP contribution >= 0.6 is 0 Å². The summed E-state index contributed by atoms with van der Waals surface area (Å²) in [4.78, 5) is 45.6. The highest BCUT2D eigenvalue weighted by Crippen LogP contribution is 2.20. The Balaban J connectivity index is 2.35. The van der Waals surface area contributed by atoms with Crippen molar-refractivity contribution in [2.75, 3.05) is 37.1 Å². The fraction of sp³-hybridized carbons (Fsp3) is 0.364. The molecule has 0 aliphatic heterocycles. The Hall–Kier alpha value is -3.82. The number of rotatable bonds is 13. The van der Waals surface area contributed by atoms with Crippen LogP contribution in [0.25, 0.3) is 0 Å². The molecular formula is C22H28N2O8. The molecule has 0 radical (unpaired) electrons. The molecule has 10 heteroatoms. The molecule has 1 aromatic carbocycles. The highest BCUT2D eigenvalue weighted by atomic mass is 16.6. The van der Waals surface area contributed by atoms with Crippen LogP contribution in [0.3, 0.4) is 0 Å². The second-order valence-corrected chi connectivity index (χ2v) is 6.36. The lowest BCUT2D eigenvalue weighted by atomic mass is 10.2. The largest absolute Gasteiger partial charge is 0.463 e.